The van der Waals surface area contributed by atoms with E-state index in [0.29, 0.717) is 48.6 Å². The topological polar surface area (TPSA) is 52.6 Å². The number of likely N-dealkylation sites (N-methyl/N-ethyl adjacent to an activating group) is 2. The van der Waals surface area contributed by atoms with Crippen LogP contribution in [0.2, 0.25) is 0 Å². The molecule has 46 heavy (non-hydrogen) atoms. The van der Waals surface area contributed by atoms with E-state index in [9.17, 15) is 9.59 Å². The minimum absolute atomic E-state index is 0.0103. The highest BCUT2D eigenvalue weighted by atomic mass is 16.5. The highest BCUT2D eigenvalue weighted by Gasteiger charge is 2.36. The van der Waals surface area contributed by atoms with E-state index < -0.39 is 0 Å². The molecule has 2 fully saturated rings. The zero-order valence-electron chi connectivity index (χ0n) is 32.3. The zero-order valence-corrected chi connectivity index (χ0v) is 32.3. The standard InChI is InChI=1S/C40H78N2O4/c1-31(2)35-23-21-33(5)27-37(35)45-39(43)29-41(7,8)25-19-17-15-13-11-12-14-16-18-20-26-42(9,10)30-40(44)46-38-28-34(6)22-24-36(38)32(3)4/h31-38H,11-30H2,1-10H3/q+2. The van der Waals surface area contributed by atoms with Gasteiger partial charge >= 0.3 is 11.9 Å². The maximum absolute atomic E-state index is 12.8. The van der Waals surface area contributed by atoms with Crippen LogP contribution >= 0.6 is 0 Å². The molecule has 0 aromatic rings. The van der Waals surface area contributed by atoms with Gasteiger partial charge in [-0.1, -0.05) is 92.9 Å². The normalized spacial score (nSPS) is 26.0. The number of carbonyl (C=O) groups excluding carboxylic acids is 2. The first-order valence-electron chi connectivity index (χ1n) is 19.6. The second kappa shape index (κ2) is 20.4. The molecule has 6 nitrogen and oxygen atoms in total. The van der Waals surface area contributed by atoms with Crippen molar-refractivity contribution in [1.29, 1.82) is 0 Å². The van der Waals surface area contributed by atoms with Gasteiger partial charge in [0.15, 0.2) is 13.1 Å². The van der Waals surface area contributed by atoms with Gasteiger partial charge in [-0.05, 0) is 86.9 Å². The van der Waals surface area contributed by atoms with Crippen LogP contribution in [-0.4, -0.2) is 87.5 Å². The Morgan fingerprint density at radius 3 is 1.15 bits per heavy atom. The second-order valence-corrected chi connectivity index (χ2v) is 17.9. The average Bonchev–Trinajstić information content (AvgIpc) is 2.92. The maximum Gasteiger partial charge on any atom is 0.362 e. The van der Waals surface area contributed by atoms with Crippen molar-refractivity contribution in [2.45, 2.75) is 156 Å². The smallest absolute Gasteiger partial charge is 0.362 e. The number of hydrogen-bond acceptors (Lipinski definition) is 4. The molecule has 0 N–H and O–H groups in total. The van der Waals surface area contributed by atoms with Crippen LogP contribution in [0.4, 0.5) is 0 Å². The Kier molecular flexibility index (Phi) is 18.2. The van der Waals surface area contributed by atoms with Gasteiger partial charge in [-0.3, -0.25) is 0 Å². The number of ether oxygens (including phenoxy) is 2. The summed E-state index contributed by atoms with van der Waals surface area (Å²) >= 11 is 0. The van der Waals surface area contributed by atoms with Gasteiger partial charge in [0.1, 0.15) is 12.2 Å². The monoisotopic (exact) mass is 651 g/mol. The van der Waals surface area contributed by atoms with E-state index in [0.717, 1.165) is 34.9 Å². The molecule has 6 atom stereocenters. The molecule has 0 aromatic heterocycles. The summed E-state index contributed by atoms with van der Waals surface area (Å²) in [5.41, 5.74) is 0. The minimum Gasteiger partial charge on any atom is -0.458 e. The highest BCUT2D eigenvalue weighted by Crippen LogP contribution is 2.36. The van der Waals surface area contributed by atoms with E-state index in [4.69, 9.17) is 9.47 Å². The molecule has 0 saturated heterocycles. The molecule has 0 amide bonds. The fourth-order valence-corrected chi connectivity index (χ4v) is 8.26. The number of rotatable bonds is 21. The summed E-state index contributed by atoms with van der Waals surface area (Å²) in [5.74, 6) is 3.46. The number of unbranched alkanes of at least 4 members (excludes halogenated alkanes) is 9. The van der Waals surface area contributed by atoms with Crippen molar-refractivity contribution in [1.82, 2.24) is 0 Å². The second-order valence-electron chi connectivity index (χ2n) is 17.9. The lowest BCUT2D eigenvalue weighted by Crippen LogP contribution is -2.47. The third kappa shape index (κ3) is 16.3. The summed E-state index contributed by atoms with van der Waals surface area (Å²) in [4.78, 5) is 25.7. The van der Waals surface area contributed by atoms with Crippen molar-refractivity contribution >= 4 is 11.9 Å². The average molecular weight is 651 g/mol. The lowest BCUT2D eigenvalue weighted by atomic mass is 9.75. The van der Waals surface area contributed by atoms with Gasteiger partial charge in [0.25, 0.3) is 0 Å². The first kappa shape index (κ1) is 41.0. The molecule has 0 spiro atoms. The molecule has 6 unspecified atom stereocenters. The van der Waals surface area contributed by atoms with Gasteiger partial charge in [0, 0.05) is 0 Å². The minimum atomic E-state index is -0.0103. The van der Waals surface area contributed by atoms with Crippen molar-refractivity contribution < 1.29 is 28.0 Å². The molecule has 0 aromatic carbocycles. The highest BCUT2D eigenvalue weighted by molar-refractivity contribution is 5.71. The Morgan fingerprint density at radius 2 is 0.848 bits per heavy atom. The van der Waals surface area contributed by atoms with Crippen molar-refractivity contribution in [2.75, 3.05) is 54.4 Å². The summed E-state index contributed by atoms with van der Waals surface area (Å²) in [6.07, 6.45) is 19.9. The molecule has 2 aliphatic rings. The van der Waals surface area contributed by atoms with Crippen LogP contribution in [0, 0.1) is 35.5 Å². The van der Waals surface area contributed by atoms with Crippen molar-refractivity contribution in [3.8, 4) is 0 Å². The number of nitrogens with zero attached hydrogens (tertiary/aromatic N) is 2. The predicted octanol–water partition coefficient (Wildman–Crippen LogP) is 9.05. The molecule has 0 aliphatic heterocycles. The number of esters is 2. The zero-order chi connectivity index (χ0) is 34.3. The molecule has 2 rings (SSSR count). The van der Waals surface area contributed by atoms with Gasteiger partial charge < -0.3 is 18.4 Å². The van der Waals surface area contributed by atoms with E-state index in [1.807, 2.05) is 0 Å². The van der Waals surface area contributed by atoms with Crippen molar-refractivity contribution in [3.05, 3.63) is 0 Å². The molecule has 0 radical (unpaired) electrons. The van der Waals surface area contributed by atoms with Crippen LogP contribution in [0.3, 0.4) is 0 Å². The van der Waals surface area contributed by atoms with E-state index in [1.165, 1.54) is 89.9 Å². The Labute approximate surface area is 285 Å². The van der Waals surface area contributed by atoms with Gasteiger partial charge in [0.05, 0.1) is 41.3 Å². The number of carbonyl (C=O) groups is 2. The van der Waals surface area contributed by atoms with Crippen LogP contribution in [0.15, 0.2) is 0 Å². The maximum atomic E-state index is 12.8. The molecule has 2 saturated carbocycles. The molecule has 270 valence electrons. The van der Waals surface area contributed by atoms with Gasteiger partial charge in [0.2, 0.25) is 0 Å². The van der Waals surface area contributed by atoms with Crippen LogP contribution in [0.1, 0.15) is 144 Å². The molecular weight excluding hydrogens is 572 g/mol. The lowest BCUT2D eigenvalue weighted by molar-refractivity contribution is -0.883. The molecular formula is C40H78N2O4+2. The van der Waals surface area contributed by atoms with Gasteiger partial charge in [-0.15, -0.1) is 0 Å². The SMILES string of the molecule is CC1CCC(C(C)C)C(OC(=O)C[N+](C)(C)CCCCCCCCCCCC[N+](C)(C)CC(=O)OC2CC(C)CCC2C(C)C)C1. The first-order chi connectivity index (χ1) is 21.6. The predicted molar refractivity (Wildman–Crippen MR) is 192 cm³/mol. The fourth-order valence-electron chi connectivity index (χ4n) is 8.26. The van der Waals surface area contributed by atoms with Crippen LogP contribution in [-0.2, 0) is 19.1 Å². The fraction of sp³-hybridized carbons (Fsp3) is 0.950. The number of quaternary nitrogens is 2. The summed E-state index contributed by atoms with van der Waals surface area (Å²) in [6, 6.07) is 0. The Hall–Kier alpha value is -1.14. The Bertz CT molecular complexity index is 799. The van der Waals surface area contributed by atoms with E-state index >= 15 is 0 Å². The Balaban J connectivity index is 1.48. The van der Waals surface area contributed by atoms with Crippen LogP contribution < -0.4 is 0 Å². The third-order valence-electron chi connectivity index (χ3n) is 11.4. The lowest BCUT2D eigenvalue weighted by Gasteiger charge is -2.37. The molecule has 0 heterocycles. The van der Waals surface area contributed by atoms with Crippen LogP contribution in [0.25, 0.3) is 0 Å². The Morgan fingerprint density at radius 1 is 0.543 bits per heavy atom. The van der Waals surface area contributed by atoms with Crippen molar-refractivity contribution in [3.63, 3.8) is 0 Å². The largest absolute Gasteiger partial charge is 0.458 e. The van der Waals surface area contributed by atoms with E-state index in [-0.39, 0.29) is 24.1 Å². The summed E-state index contributed by atoms with van der Waals surface area (Å²) < 4.78 is 13.6. The summed E-state index contributed by atoms with van der Waals surface area (Å²) in [7, 11) is 8.71. The number of hydrogen-bond donors (Lipinski definition) is 0. The summed E-state index contributed by atoms with van der Waals surface area (Å²) in [6.45, 7) is 16.7. The van der Waals surface area contributed by atoms with Crippen LogP contribution in [0.5, 0.6) is 0 Å². The van der Waals surface area contributed by atoms with Gasteiger partial charge in [-0.25, -0.2) is 9.59 Å². The summed E-state index contributed by atoms with van der Waals surface area (Å²) in [5, 5.41) is 0. The quantitative estimate of drug-likeness (QED) is 0.0707. The van der Waals surface area contributed by atoms with E-state index in [1.54, 1.807) is 0 Å². The molecule has 6 heteroatoms. The third-order valence-corrected chi connectivity index (χ3v) is 11.4. The molecule has 2 aliphatic carbocycles. The van der Waals surface area contributed by atoms with Crippen molar-refractivity contribution in [2.24, 2.45) is 35.5 Å². The molecule has 0 bridgehead atoms. The van der Waals surface area contributed by atoms with Gasteiger partial charge in [-0.2, -0.15) is 0 Å². The first-order valence-corrected chi connectivity index (χ1v) is 19.6. The van der Waals surface area contributed by atoms with E-state index in [2.05, 4.69) is 69.7 Å².